The van der Waals surface area contributed by atoms with Gasteiger partial charge < -0.3 is 10.2 Å². The van der Waals surface area contributed by atoms with Crippen molar-refractivity contribution in [3.63, 3.8) is 0 Å². The quantitative estimate of drug-likeness (QED) is 0.849. The van der Waals surface area contributed by atoms with Gasteiger partial charge in [-0.05, 0) is 79.9 Å². The summed E-state index contributed by atoms with van der Waals surface area (Å²) in [6, 6.07) is 17.8. The SMILES string of the molecule is O=C(c1cccc(CC2CCNC2)c1)N1CCC(N2CCc3ccccc3C2)CC1. The summed E-state index contributed by atoms with van der Waals surface area (Å²) in [6.45, 7) is 6.19. The maximum absolute atomic E-state index is 13.1. The summed E-state index contributed by atoms with van der Waals surface area (Å²) < 4.78 is 0. The molecule has 2 aromatic rings. The Morgan fingerprint density at radius 1 is 0.967 bits per heavy atom. The Morgan fingerprint density at radius 2 is 1.80 bits per heavy atom. The van der Waals surface area contributed by atoms with Crippen LogP contribution in [0.25, 0.3) is 0 Å². The molecule has 3 aliphatic rings. The number of carbonyl (C=O) groups excluding carboxylic acids is 1. The summed E-state index contributed by atoms with van der Waals surface area (Å²) in [5.74, 6) is 0.921. The third-order valence-electron chi connectivity index (χ3n) is 7.29. The van der Waals surface area contributed by atoms with Crippen LogP contribution in [0, 0.1) is 5.92 Å². The molecule has 0 bridgehead atoms. The second-order valence-electron chi connectivity index (χ2n) is 9.28. The predicted molar refractivity (Wildman–Crippen MR) is 121 cm³/mol. The lowest BCUT2D eigenvalue weighted by Crippen LogP contribution is -2.48. The molecule has 1 unspecified atom stereocenters. The largest absolute Gasteiger partial charge is 0.339 e. The molecule has 2 fully saturated rings. The first kappa shape index (κ1) is 19.8. The van der Waals surface area contributed by atoms with Gasteiger partial charge >= 0.3 is 0 Å². The number of amides is 1. The number of nitrogens with zero attached hydrogens (tertiary/aromatic N) is 2. The number of likely N-dealkylation sites (tertiary alicyclic amines) is 1. The fraction of sp³-hybridized carbons (Fsp3) is 0.500. The van der Waals surface area contributed by atoms with Crippen molar-refractivity contribution in [1.82, 2.24) is 15.1 Å². The molecule has 0 radical (unpaired) electrons. The van der Waals surface area contributed by atoms with Crippen LogP contribution < -0.4 is 5.32 Å². The van der Waals surface area contributed by atoms with Gasteiger partial charge in [0.25, 0.3) is 5.91 Å². The van der Waals surface area contributed by atoms with Crippen LogP contribution >= 0.6 is 0 Å². The summed E-state index contributed by atoms with van der Waals surface area (Å²) >= 11 is 0. The Labute approximate surface area is 180 Å². The monoisotopic (exact) mass is 403 g/mol. The van der Waals surface area contributed by atoms with Gasteiger partial charge in [0.2, 0.25) is 0 Å². The third kappa shape index (κ3) is 4.30. The standard InChI is InChI=1S/C26H33N3O/c30-26(23-7-3-4-20(17-23)16-21-8-12-27-18-21)28-14-10-25(11-15-28)29-13-9-22-5-1-2-6-24(22)19-29/h1-7,17,21,25,27H,8-16,18-19H2. The van der Waals surface area contributed by atoms with Crippen molar-refractivity contribution < 1.29 is 4.79 Å². The molecule has 0 saturated carbocycles. The summed E-state index contributed by atoms with van der Waals surface area (Å²) in [7, 11) is 0. The Kier molecular flexibility index (Phi) is 5.87. The molecular weight excluding hydrogens is 370 g/mol. The number of benzene rings is 2. The molecule has 0 spiro atoms. The zero-order valence-corrected chi connectivity index (χ0v) is 17.9. The van der Waals surface area contributed by atoms with E-state index in [0.717, 1.165) is 70.5 Å². The molecule has 5 rings (SSSR count). The first-order valence-electron chi connectivity index (χ1n) is 11.7. The van der Waals surface area contributed by atoms with Gasteiger partial charge in [-0.2, -0.15) is 0 Å². The van der Waals surface area contributed by atoms with E-state index in [1.165, 1.54) is 23.1 Å². The van der Waals surface area contributed by atoms with Crippen molar-refractivity contribution in [3.05, 3.63) is 70.8 Å². The van der Waals surface area contributed by atoms with E-state index in [1.54, 1.807) is 0 Å². The molecule has 1 atom stereocenters. The summed E-state index contributed by atoms with van der Waals surface area (Å²) in [5, 5.41) is 3.44. The number of fused-ring (bicyclic) bond motifs is 1. The fourth-order valence-corrected chi connectivity index (χ4v) is 5.50. The van der Waals surface area contributed by atoms with Gasteiger partial charge in [-0.3, -0.25) is 9.69 Å². The topological polar surface area (TPSA) is 35.6 Å². The predicted octanol–water partition coefficient (Wildman–Crippen LogP) is 3.50. The zero-order valence-electron chi connectivity index (χ0n) is 17.9. The molecule has 4 heteroatoms. The summed E-state index contributed by atoms with van der Waals surface area (Å²) in [5.41, 5.74) is 5.16. The van der Waals surface area contributed by atoms with E-state index < -0.39 is 0 Å². The number of carbonyl (C=O) groups is 1. The third-order valence-corrected chi connectivity index (χ3v) is 7.29. The van der Waals surface area contributed by atoms with E-state index in [-0.39, 0.29) is 5.91 Å². The van der Waals surface area contributed by atoms with Gasteiger partial charge in [0.05, 0.1) is 0 Å². The van der Waals surface area contributed by atoms with E-state index in [9.17, 15) is 4.79 Å². The Morgan fingerprint density at radius 3 is 2.60 bits per heavy atom. The van der Waals surface area contributed by atoms with Gasteiger partial charge in [-0.1, -0.05) is 36.4 Å². The number of hydrogen-bond acceptors (Lipinski definition) is 3. The maximum Gasteiger partial charge on any atom is 0.253 e. The first-order valence-corrected chi connectivity index (χ1v) is 11.7. The van der Waals surface area contributed by atoms with E-state index in [4.69, 9.17) is 0 Å². The van der Waals surface area contributed by atoms with Gasteiger partial charge in [-0.15, -0.1) is 0 Å². The van der Waals surface area contributed by atoms with Crippen molar-refractivity contribution >= 4 is 5.91 Å². The maximum atomic E-state index is 13.1. The van der Waals surface area contributed by atoms with Crippen LogP contribution in [0.1, 0.15) is 46.3 Å². The molecule has 4 nitrogen and oxygen atoms in total. The second-order valence-corrected chi connectivity index (χ2v) is 9.28. The molecule has 3 aliphatic heterocycles. The highest BCUT2D eigenvalue weighted by Gasteiger charge is 2.29. The molecule has 30 heavy (non-hydrogen) atoms. The zero-order chi connectivity index (χ0) is 20.3. The lowest BCUT2D eigenvalue weighted by atomic mass is 9.95. The van der Waals surface area contributed by atoms with Crippen LogP contribution in [0.2, 0.25) is 0 Å². The van der Waals surface area contributed by atoms with Crippen molar-refractivity contribution in [3.8, 4) is 0 Å². The minimum atomic E-state index is 0.212. The van der Waals surface area contributed by atoms with E-state index in [1.807, 2.05) is 6.07 Å². The van der Waals surface area contributed by atoms with Crippen LogP contribution in [-0.2, 0) is 19.4 Å². The highest BCUT2D eigenvalue weighted by Crippen LogP contribution is 2.26. The van der Waals surface area contributed by atoms with Crippen molar-refractivity contribution in [2.24, 2.45) is 5.92 Å². The lowest BCUT2D eigenvalue weighted by Gasteiger charge is -2.40. The minimum absolute atomic E-state index is 0.212. The number of piperidine rings is 1. The number of rotatable bonds is 4. The Balaban J connectivity index is 1.17. The lowest BCUT2D eigenvalue weighted by molar-refractivity contribution is 0.0599. The smallest absolute Gasteiger partial charge is 0.253 e. The van der Waals surface area contributed by atoms with Crippen LogP contribution in [0.4, 0.5) is 0 Å². The van der Waals surface area contributed by atoms with Gasteiger partial charge in [0, 0.05) is 37.8 Å². The molecule has 3 heterocycles. The van der Waals surface area contributed by atoms with Crippen molar-refractivity contribution in [2.45, 2.75) is 44.7 Å². The highest BCUT2D eigenvalue weighted by molar-refractivity contribution is 5.94. The van der Waals surface area contributed by atoms with Crippen LogP contribution in [0.3, 0.4) is 0 Å². The van der Waals surface area contributed by atoms with E-state index >= 15 is 0 Å². The van der Waals surface area contributed by atoms with Crippen LogP contribution in [0.15, 0.2) is 48.5 Å². The molecule has 1 N–H and O–H groups in total. The minimum Gasteiger partial charge on any atom is -0.339 e. The molecule has 2 aromatic carbocycles. The molecule has 0 aliphatic carbocycles. The second kappa shape index (κ2) is 8.91. The molecule has 2 saturated heterocycles. The van der Waals surface area contributed by atoms with E-state index in [2.05, 4.69) is 57.6 Å². The Hall–Kier alpha value is -2.17. The molecule has 0 aromatic heterocycles. The highest BCUT2D eigenvalue weighted by atomic mass is 16.2. The number of nitrogens with one attached hydrogen (secondary N) is 1. The number of hydrogen-bond donors (Lipinski definition) is 1. The average Bonchev–Trinajstić information content (AvgIpc) is 3.31. The Bertz CT molecular complexity index is 881. The molecular formula is C26H33N3O. The van der Waals surface area contributed by atoms with Crippen LogP contribution in [0.5, 0.6) is 0 Å². The average molecular weight is 404 g/mol. The van der Waals surface area contributed by atoms with Crippen molar-refractivity contribution in [1.29, 1.82) is 0 Å². The van der Waals surface area contributed by atoms with Gasteiger partial charge in [0.15, 0.2) is 0 Å². The van der Waals surface area contributed by atoms with Gasteiger partial charge in [0.1, 0.15) is 0 Å². The van der Waals surface area contributed by atoms with E-state index in [0.29, 0.717) is 12.0 Å². The molecule has 158 valence electrons. The molecule has 1 amide bonds. The van der Waals surface area contributed by atoms with Crippen molar-refractivity contribution in [2.75, 3.05) is 32.7 Å². The normalized spacial score (nSPS) is 22.8. The fourth-order valence-electron chi connectivity index (χ4n) is 5.50. The summed E-state index contributed by atoms with van der Waals surface area (Å²) in [4.78, 5) is 17.8. The summed E-state index contributed by atoms with van der Waals surface area (Å²) in [6.07, 6.45) is 5.64. The van der Waals surface area contributed by atoms with Gasteiger partial charge in [-0.25, -0.2) is 0 Å². The first-order chi connectivity index (χ1) is 14.8. The van der Waals surface area contributed by atoms with Crippen LogP contribution in [-0.4, -0.2) is 54.5 Å².